The van der Waals surface area contributed by atoms with E-state index in [0.29, 0.717) is 4.83 Å². The second kappa shape index (κ2) is 15.8. The molecule has 0 N–H and O–H groups in total. The van der Waals surface area contributed by atoms with E-state index >= 15 is 0 Å². The molecule has 4 heteroatoms. The van der Waals surface area contributed by atoms with Gasteiger partial charge in [-0.2, -0.15) is 0 Å². The van der Waals surface area contributed by atoms with Crippen LogP contribution in [0.2, 0.25) is 0 Å². The zero-order valence-corrected chi connectivity index (χ0v) is 20.8. The monoisotopic (exact) mass is 460 g/mol. The third kappa shape index (κ3) is 10.0. The van der Waals surface area contributed by atoms with Crippen LogP contribution in [-0.2, 0) is 0 Å². The highest BCUT2D eigenvalue weighted by atomic mass is 79.9. The minimum Gasteiger partial charge on any atom is -0.0980 e. The first-order valence-corrected chi connectivity index (χ1v) is 14.6. The van der Waals surface area contributed by atoms with E-state index < -0.39 is 0 Å². The van der Waals surface area contributed by atoms with E-state index in [2.05, 4.69) is 66.3 Å². The van der Waals surface area contributed by atoms with Crippen molar-refractivity contribution in [1.29, 1.82) is 0 Å². The molecular formula is C21H36BrP3. The van der Waals surface area contributed by atoms with Crippen LogP contribution in [0.4, 0.5) is 0 Å². The fraction of sp³-hybridized carbons (Fsp3) is 0.619. The van der Waals surface area contributed by atoms with E-state index in [1.54, 1.807) is 0 Å². The van der Waals surface area contributed by atoms with Gasteiger partial charge >= 0.3 is 0 Å². The van der Waals surface area contributed by atoms with Crippen molar-refractivity contribution in [2.75, 3.05) is 18.5 Å². The summed E-state index contributed by atoms with van der Waals surface area (Å²) in [5, 5.41) is 0. The molecule has 1 aliphatic rings. The van der Waals surface area contributed by atoms with Crippen LogP contribution in [0, 0.1) is 0 Å². The largest absolute Gasteiger partial charge is 0.0980 e. The van der Waals surface area contributed by atoms with Crippen molar-refractivity contribution in [1.82, 2.24) is 0 Å². The van der Waals surface area contributed by atoms with E-state index in [1.807, 2.05) is 0 Å². The third-order valence-electron chi connectivity index (χ3n) is 4.15. The number of hydrogen-bond donors (Lipinski definition) is 0. The lowest BCUT2D eigenvalue weighted by molar-refractivity contribution is 0.895. The molecule has 142 valence electrons. The molecule has 0 heterocycles. The van der Waals surface area contributed by atoms with Gasteiger partial charge in [-0.1, -0.05) is 111 Å². The highest BCUT2D eigenvalue weighted by Crippen LogP contribution is 2.39. The van der Waals surface area contributed by atoms with Crippen molar-refractivity contribution in [3.63, 3.8) is 0 Å². The number of halogens is 1. The van der Waals surface area contributed by atoms with E-state index in [0.717, 1.165) is 25.7 Å². The first-order chi connectivity index (χ1) is 12.2. The van der Waals surface area contributed by atoms with E-state index in [1.165, 1.54) is 73.7 Å². The molecule has 0 radical (unpaired) electrons. The van der Waals surface area contributed by atoms with Gasteiger partial charge in [0.15, 0.2) is 0 Å². The predicted octanol–water partition coefficient (Wildman–Crippen LogP) is 8.41. The van der Waals surface area contributed by atoms with Gasteiger partial charge < -0.3 is 0 Å². The van der Waals surface area contributed by atoms with Gasteiger partial charge in [-0.3, -0.25) is 0 Å². The maximum atomic E-state index is 3.89. The zero-order chi connectivity index (χ0) is 18.3. The van der Waals surface area contributed by atoms with Crippen molar-refractivity contribution in [3.8, 4) is 0 Å². The molecule has 4 atom stereocenters. The highest BCUT2D eigenvalue weighted by Gasteiger charge is 2.19. The zero-order valence-electron chi connectivity index (χ0n) is 16.2. The smallest absolute Gasteiger partial charge is 0.0584 e. The minimum absolute atomic E-state index is 0.389. The average Bonchev–Trinajstić information content (AvgIpc) is 2.62. The number of rotatable bonds is 12. The summed E-state index contributed by atoms with van der Waals surface area (Å²) in [6.07, 6.45) is 16.7. The van der Waals surface area contributed by atoms with Crippen LogP contribution in [0.5, 0.6) is 0 Å². The van der Waals surface area contributed by atoms with Crippen molar-refractivity contribution >= 4 is 41.7 Å². The molecule has 0 fully saturated rings. The topological polar surface area (TPSA) is 0 Å². The Morgan fingerprint density at radius 3 is 1.92 bits per heavy atom. The Hall–Kier alpha value is 0.730. The van der Waals surface area contributed by atoms with E-state index in [4.69, 9.17) is 0 Å². The van der Waals surface area contributed by atoms with Gasteiger partial charge in [0.25, 0.3) is 0 Å². The van der Waals surface area contributed by atoms with Crippen molar-refractivity contribution in [3.05, 3.63) is 46.3 Å². The van der Waals surface area contributed by atoms with Crippen molar-refractivity contribution < 1.29 is 0 Å². The molecule has 0 bridgehead atoms. The molecule has 0 aliphatic heterocycles. The number of hydrogen-bond acceptors (Lipinski definition) is 0. The Balaban J connectivity index is 2.91. The van der Waals surface area contributed by atoms with Crippen molar-refractivity contribution in [2.45, 2.75) is 64.1 Å². The third-order valence-corrected chi connectivity index (χ3v) is 8.40. The van der Waals surface area contributed by atoms with Crippen LogP contribution in [-0.4, -0.2) is 23.3 Å². The molecule has 0 aromatic carbocycles. The molecule has 0 saturated heterocycles. The Bertz CT molecular complexity index is 478. The summed E-state index contributed by atoms with van der Waals surface area (Å²) in [5.74, 6) is 7.57. The Labute approximate surface area is 170 Å². The minimum atomic E-state index is 0.389. The maximum Gasteiger partial charge on any atom is 0.0584 e. The first kappa shape index (κ1) is 23.8. The molecule has 25 heavy (non-hydrogen) atoms. The molecule has 0 aromatic heterocycles. The lowest BCUT2D eigenvalue weighted by Gasteiger charge is -2.22. The van der Waals surface area contributed by atoms with Crippen LogP contribution in [0.15, 0.2) is 46.3 Å². The van der Waals surface area contributed by atoms with Gasteiger partial charge in [0, 0.05) is 0 Å². The van der Waals surface area contributed by atoms with Gasteiger partial charge in [-0.25, -0.2) is 0 Å². The fourth-order valence-electron chi connectivity index (χ4n) is 2.52. The van der Waals surface area contributed by atoms with Gasteiger partial charge in [0.05, 0.1) is 4.83 Å². The molecule has 0 aromatic rings. The van der Waals surface area contributed by atoms with Crippen LogP contribution < -0.4 is 0 Å². The second-order valence-electron chi connectivity index (χ2n) is 6.44. The molecule has 0 amide bonds. The maximum absolute atomic E-state index is 3.89. The normalized spacial score (nSPS) is 23.8. The summed E-state index contributed by atoms with van der Waals surface area (Å²) in [6.45, 7) is 6.86. The Morgan fingerprint density at radius 2 is 1.36 bits per heavy atom. The van der Waals surface area contributed by atoms with Crippen LogP contribution in [0.25, 0.3) is 0 Å². The van der Waals surface area contributed by atoms with Crippen LogP contribution in [0.3, 0.4) is 0 Å². The van der Waals surface area contributed by atoms with Gasteiger partial charge in [0.2, 0.25) is 0 Å². The summed E-state index contributed by atoms with van der Waals surface area (Å²) in [7, 11) is 2.86. The van der Waals surface area contributed by atoms with E-state index in [9.17, 15) is 0 Å². The Kier molecular flexibility index (Phi) is 15.0. The SMILES string of the molecule is CCCCPC=C1C=CC(Br)C(=CPCCCC)C1=CPCCCC. The summed E-state index contributed by atoms with van der Waals surface area (Å²) < 4.78 is 0. The average molecular weight is 461 g/mol. The van der Waals surface area contributed by atoms with Gasteiger partial charge in [-0.05, 0) is 54.5 Å². The van der Waals surface area contributed by atoms with Crippen LogP contribution in [0.1, 0.15) is 59.3 Å². The Morgan fingerprint density at radius 1 is 0.840 bits per heavy atom. The van der Waals surface area contributed by atoms with Gasteiger partial charge in [0.1, 0.15) is 0 Å². The number of allylic oxidation sites excluding steroid dienone is 5. The summed E-state index contributed by atoms with van der Waals surface area (Å²) in [5.41, 5.74) is 4.51. The molecule has 0 nitrogen and oxygen atoms in total. The molecule has 1 rings (SSSR count). The molecular weight excluding hydrogens is 425 g/mol. The quantitative estimate of drug-likeness (QED) is 0.156. The van der Waals surface area contributed by atoms with E-state index in [-0.39, 0.29) is 0 Å². The highest BCUT2D eigenvalue weighted by molar-refractivity contribution is 9.09. The molecule has 1 aliphatic carbocycles. The second-order valence-corrected chi connectivity index (χ2v) is 11.0. The summed E-state index contributed by atoms with van der Waals surface area (Å²) >= 11 is 3.89. The van der Waals surface area contributed by atoms with Crippen molar-refractivity contribution in [2.24, 2.45) is 0 Å². The summed E-state index contributed by atoms with van der Waals surface area (Å²) in [4.78, 5) is 0.389. The lowest BCUT2D eigenvalue weighted by Crippen LogP contribution is -2.08. The number of alkyl halides is 1. The molecule has 0 saturated carbocycles. The summed E-state index contributed by atoms with van der Waals surface area (Å²) in [6, 6.07) is 0. The van der Waals surface area contributed by atoms with Gasteiger partial charge in [-0.15, -0.1) is 0 Å². The standard InChI is InChI=1S/C21H36BrP3/c1-4-7-12-23-15-18-10-11-21(22)20(17-25-14-9-6-3)19(18)16-24-13-8-5-2/h10-11,15-17,21,23-25H,4-9,12-14H2,1-3H3. The van der Waals surface area contributed by atoms with Crippen LogP contribution >= 0.6 is 41.7 Å². The predicted molar refractivity (Wildman–Crippen MR) is 130 cm³/mol. The molecule has 4 unspecified atom stereocenters. The molecule has 0 spiro atoms. The lowest BCUT2D eigenvalue weighted by atomic mass is 9.94. The first-order valence-electron chi connectivity index (χ1n) is 9.88. The number of unbranched alkanes of at least 4 members (excludes halogenated alkanes) is 3. The fourth-order valence-corrected chi connectivity index (χ4v) is 6.97.